The van der Waals surface area contributed by atoms with E-state index in [9.17, 15) is 17.2 Å². The first-order valence-electron chi connectivity index (χ1n) is 4.65. The summed E-state index contributed by atoms with van der Waals surface area (Å²) in [6, 6.07) is 0. The minimum Gasteiger partial charge on any atom is -0.211 e. The van der Waals surface area contributed by atoms with Gasteiger partial charge in [0.1, 0.15) is 4.75 Å². The summed E-state index contributed by atoms with van der Waals surface area (Å²) in [5.41, 5.74) is -0.644. The Hall–Kier alpha value is -0.490. The van der Waals surface area contributed by atoms with Gasteiger partial charge in [0.05, 0.1) is 0 Å². The molecular formula is C9H15F2NO2S. The topological polar surface area (TPSA) is 46.2 Å². The quantitative estimate of drug-likeness (QED) is 0.819. The van der Waals surface area contributed by atoms with Crippen LogP contribution in [0.15, 0.2) is 12.2 Å². The van der Waals surface area contributed by atoms with Gasteiger partial charge in [-0.1, -0.05) is 0 Å². The molecule has 0 atom stereocenters. The van der Waals surface area contributed by atoms with Crippen molar-refractivity contribution in [2.45, 2.75) is 43.9 Å². The molecule has 0 aromatic rings. The Labute approximate surface area is 88.6 Å². The third kappa shape index (κ3) is 2.98. The Morgan fingerprint density at radius 2 is 1.80 bits per heavy atom. The van der Waals surface area contributed by atoms with Gasteiger partial charge >= 0.3 is 0 Å². The molecular weight excluding hydrogens is 224 g/mol. The van der Waals surface area contributed by atoms with E-state index in [1.807, 2.05) is 0 Å². The van der Waals surface area contributed by atoms with Gasteiger partial charge in [0.2, 0.25) is 10.0 Å². The molecule has 1 fully saturated rings. The molecule has 0 amide bonds. The lowest BCUT2D eigenvalue weighted by Gasteiger charge is -2.23. The molecule has 0 aromatic carbocycles. The highest BCUT2D eigenvalue weighted by atomic mass is 32.2. The summed E-state index contributed by atoms with van der Waals surface area (Å²) in [5.74, 6) is 0. The summed E-state index contributed by atoms with van der Waals surface area (Å²) < 4.78 is 48.8. The maximum atomic E-state index is 12.1. The Morgan fingerprint density at radius 3 is 2.07 bits per heavy atom. The Morgan fingerprint density at radius 1 is 1.33 bits per heavy atom. The van der Waals surface area contributed by atoms with Crippen molar-refractivity contribution in [1.82, 2.24) is 4.72 Å². The highest BCUT2D eigenvalue weighted by molar-refractivity contribution is 7.91. The zero-order valence-electron chi connectivity index (χ0n) is 8.97. The van der Waals surface area contributed by atoms with Gasteiger partial charge in [-0.25, -0.2) is 13.1 Å². The van der Waals surface area contributed by atoms with Gasteiger partial charge in [-0.2, -0.15) is 8.78 Å². The van der Waals surface area contributed by atoms with Crippen LogP contribution < -0.4 is 4.72 Å². The van der Waals surface area contributed by atoms with Crippen LogP contribution in [0.4, 0.5) is 8.78 Å². The van der Waals surface area contributed by atoms with E-state index < -0.39 is 26.4 Å². The van der Waals surface area contributed by atoms with Crippen molar-refractivity contribution < 1.29 is 17.2 Å². The monoisotopic (exact) mass is 239 g/mol. The van der Waals surface area contributed by atoms with Crippen LogP contribution in [0.5, 0.6) is 0 Å². The summed E-state index contributed by atoms with van der Waals surface area (Å²) in [6.45, 7) is 5.03. The first-order valence-corrected chi connectivity index (χ1v) is 6.14. The van der Waals surface area contributed by atoms with Gasteiger partial charge in [0, 0.05) is 11.6 Å². The highest BCUT2D eigenvalue weighted by Crippen LogP contribution is 2.45. The second kappa shape index (κ2) is 3.52. The largest absolute Gasteiger partial charge is 0.267 e. The molecule has 1 N–H and O–H groups in total. The van der Waals surface area contributed by atoms with Crippen LogP contribution in [0, 0.1) is 0 Å². The van der Waals surface area contributed by atoms with E-state index in [1.54, 1.807) is 20.8 Å². The third-order valence-corrected chi connectivity index (χ3v) is 4.57. The highest BCUT2D eigenvalue weighted by Gasteiger charge is 2.54. The average Bonchev–Trinajstić information content (AvgIpc) is 2.61. The zero-order chi connectivity index (χ0) is 11.9. The van der Waals surface area contributed by atoms with E-state index >= 15 is 0 Å². The minimum atomic E-state index is -3.71. The lowest BCUT2D eigenvalue weighted by Crippen LogP contribution is -2.46. The molecule has 1 aliphatic carbocycles. The molecule has 0 unspecified atom stereocenters. The number of rotatable bonds is 3. The van der Waals surface area contributed by atoms with E-state index in [2.05, 4.69) is 4.72 Å². The van der Waals surface area contributed by atoms with E-state index in [0.29, 0.717) is 6.08 Å². The molecule has 0 bridgehead atoms. The molecule has 15 heavy (non-hydrogen) atoms. The first kappa shape index (κ1) is 12.6. The summed E-state index contributed by atoms with van der Waals surface area (Å²) in [4.78, 5) is 0. The Balaban J connectivity index is 2.93. The lowest BCUT2D eigenvalue weighted by atomic mass is 10.1. The first-order chi connectivity index (χ1) is 6.58. The zero-order valence-corrected chi connectivity index (χ0v) is 9.79. The number of hydrogen-bond acceptors (Lipinski definition) is 2. The van der Waals surface area contributed by atoms with Gasteiger partial charge in [0.15, 0.2) is 0 Å². The normalized spacial score (nSPS) is 19.8. The van der Waals surface area contributed by atoms with Crippen LogP contribution in [0.25, 0.3) is 0 Å². The molecule has 0 radical (unpaired) electrons. The fourth-order valence-electron chi connectivity index (χ4n) is 1.32. The third-order valence-electron chi connectivity index (χ3n) is 2.09. The van der Waals surface area contributed by atoms with Crippen molar-refractivity contribution >= 4 is 10.0 Å². The molecule has 0 heterocycles. The predicted molar refractivity (Wildman–Crippen MR) is 54.1 cm³/mol. The molecule has 6 heteroatoms. The Kier molecular flexibility index (Phi) is 2.95. The van der Waals surface area contributed by atoms with Gasteiger partial charge in [0.25, 0.3) is 6.08 Å². The van der Waals surface area contributed by atoms with Crippen LogP contribution in [0.3, 0.4) is 0 Å². The van der Waals surface area contributed by atoms with E-state index in [-0.39, 0.29) is 12.8 Å². The molecule has 88 valence electrons. The van der Waals surface area contributed by atoms with Crippen molar-refractivity contribution in [2.75, 3.05) is 0 Å². The molecule has 1 aliphatic rings. The summed E-state index contributed by atoms with van der Waals surface area (Å²) >= 11 is 0. The van der Waals surface area contributed by atoms with Crippen LogP contribution >= 0.6 is 0 Å². The van der Waals surface area contributed by atoms with Gasteiger partial charge in [-0.15, -0.1) is 0 Å². The van der Waals surface area contributed by atoms with Crippen LogP contribution in [-0.2, 0) is 10.0 Å². The lowest BCUT2D eigenvalue weighted by molar-refractivity contribution is 0.415. The fraction of sp³-hybridized carbons (Fsp3) is 0.778. The predicted octanol–water partition coefficient (Wildman–Crippen LogP) is 2.02. The molecule has 0 saturated heterocycles. The standard InChI is InChI=1S/C9H15F2NO2S/c1-8(2,3)12-15(13,14)9(4-5-9)6-7(10)11/h6,12H,4-5H2,1-3H3. The molecule has 1 saturated carbocycles. The molecule has 0 aromatic heterocycles. The molecule has 0 spiro atoms. The number of sulfonamides is 1. The van der Waals surface area contributed by atoms with Gasteiger partial charge < -0.3 is 0 Å². The van der Waals surface area contributed by atoms with E-state index in [0.717, 1.165) is 0 Å². The maximum absolute atomic E-state index is 12.1. The van der Waals surface area contributed by atoms with Gasteiger partial charge in [-0.05, 0) is 33.6 Å². The van der Waals surface area contributed by atoms with Crippen LogP contribution in [0.1, 0.15) is 33.6 Å². The number of nitrogens with one attached hydrogen (secondary N) is 1. The minimum absolute atomic E-state index is 0.260. The number of halogens is 2. The second-order valence-corrected chi connectivity index (χ2v) is 6.88. The van der Waals surface area contributed by atoms with Crippen LogP contribution in [0.2, 0.25) is 0 Å². The smallest absolute Gasteiger partial charge is 0.211 e. The Bertz CT molecular complexity index is 373. The van der Waals surface area contributed by atoms with Crippen molar-refractivity contribution in [3.05, 3.63) is 12.2 Å². The second-order valence-electron chi connectivity index (χ2n) is 4.85. The average molecular weight is 239 g/mol. The molecule has 3 nitrogen and oxygen atoms in total. The summed E-state index contributed by atoms with van der Waals surface area (Å²) in [7, 11) is -3.71. The summed E-state index contributed by atoms with van der Waals surface area (Å²) in [5, 5.41) is 0. The van der Waals surface area contributed by atoms with Crippen molar-refractivity contribution in [2.24, 2.45) is 0 Å². The van der Waals surface area contributed by atoms with Crippen molar-refractivity contribution in [3.63, 3.8) is 0 Å². The van der Waals surface area contributed by atoms with E-state index in [4.69, 9.17) is 0 Å². The summed E-state index contributed by atoms with van der Waals surface area (Å²) in [6.07, 6.45) is -0.876. The van der Waals surface area contributed by atoms with Crippen LogP contribution in [-0.4, -0.2) is 18.7 Å². The fourth-order valence-corrected chi connectivity index (χ4v) is 3.21. The maximum Gasteiger partial charge on any atom is 0.267 e. The number of hydrogen-bond donors (Lipinski definition) is 1. The van der Waals surface area contributed by atoms with E-state index in [1.165, 1.54) is 0 Å². The van der Waals surface area contributed by atoms with Crippen molar-refractivity contribution in [3.8, 4) is 0 Å². The van der Waals surface area contributed by atoms with Gasteiger partial charge in [-0.3, -0.25) is 0 Å². The molecule has 0 aliphatic heterocycles. The molecule has 1 rings (SSSR count). The SMILES string of the molecule is CC(C)(C)NS(=O)(=O)C1(C=C(F)F)CC1. The van der Waals surface area contributed by atoms with Crippen molar-refractivity contribution in [1.29, 1.82) is 0 Å².